The molecular formula is C24H15BNO3. The van der Waals surface area contributed by atoms with Crippen molar-refractivity contribution in [1.82, 2.24) is 4.57 Å². The number of hydrogen-bond donors (Lipinski definition) is 1. The van der Waals surface area contributed by atoms with E-state index >= 15 is 0 Å². The highest BCUT2D eigenvalue weighted by molar-refractivity contribution is 6.24. The Bertz CT molecular complexity index is 2260. The zero-order valence-corrected chi connectivity index (χ0v) is 14.3. The van der Waals surface area contributed by atoms with Crippen LogP contribution < -0.4 is 4.65 Å². The zero-order chi connectivity index (χ0) is 31.6. The van der Waals surface area contributed by atoms with E-state index in [0.29, 0.717) is 0 Å². The van der Waals surface area contributed by atoms with Gasteiger partial charge in [0.05, 0.1) is 41.3 Å². The fourth-order valence-corrected chi connectivity index (χ4v) is 3.42. The third kappa shape index (κ3) is 2.25. The van der Waals surface area contributed by atoms with Crippen molar-refractivity contribution in [3.8, 4) is 11.4 Å². The van der Waals surface area contributed by atoms with Crippen LogP contribution in [0.4, 0.5) is 0 Å². The van der Waals surface area contributed by atoms with Crippen molar-refractivity contribution in [3.05, 3.63) is 84.6 Å². The number of furan rings is 1. The van der Waals surface area contributed by atoms with Crippen LogP contribution in [0.5, 0.6) is 5.75 Å². The predicted octanol–water partition coefficient (Wildman–Crippen LogP) is 5.59. The Morgan fingerprint density at radius 3 is 2.45 bits per heavy atom. The lowest BCUT2D eigenvalue weighted by Crippen LogP contribution is -2.04. The Balaban J connectivity index is 2.11. The largest absolute Gasteiger partial charge is 0.569 e. The van der Waals surface area contributed by atoms with Crippen LogP contribution in [0.15, 0.2) is 89.0 Å². The van der Waals surface area contributed by atoms with Crippen LogP contribution in [0.2, 0.25) is 0 Å². The number of aromatic nitrogens is 1. The number of hydrogen-bond acceptors (Lipinski definition) is 3. The summed E-state index contributed by atoms with van der Waals surface area (Å²) in [5.74, 6) is -0.663. The average Bonchev–Trinajstić information content (AvgIpc) is 3.55. The van der Waals surface area contributed by atoms with Crippen molar-refractivity contribution in [3.63, 3.8) is 0 Å². The Morgan fingerprint density at radius 1 is 0.793 bits per heavy atom. The third-order valence-corrected chi connectivity index (χ3v) is 4.50. The summed E-state index contributed by atoms with van der Waals surface area (Å²) in [7, 11) is 0.152. The van der Waals surface area contributed by atoms with E-state index in [9.17, 15) is 5.02 Å². The molecule has 0 bridgehead atoms. The van der Waals surface area contributed by atoms with Gasteiger partial charge in [-0.3, -0.25) is 0 Å². The summed E-state index contributed by atoms with van der Waals surface area (Å²) in [6, 6.07) is -9.54. The minimum atomic E-state index is -0.778. The van der Waals surface area contributed by atoms with Gasteiger partial charge >= 0.3 is 7.69 Å². The van der Waals surface area contributed by atoms with E-state index in [-0.39, 0.29) is 45.8 Å². The Hall–Kier alpha value is -3.70. The van der Waals surface area contributed by atoms with Crippen LogP contribution >= 0.6 is 0 Å². The summed E-state index contributed by atoms with van der Waals surface area (Å²) in [6.45, 7) is 0. The minimum Gasteiger partial charge on any atom is -0.536 e. The van der Waals surface area contributed by atoms with Gasteiger partial charge in [-0.15, -0.1) is 0 Å². The summed E-state index contributed by atoms with van der Waals surface area (Å²) in [6.07, 6.45) is 0. The molecule has 0 amide bonds. The number of benzene rings is 4. The fraction of sp³-hybridized carbons (Fsp3) is 0. The van der Waals surface area contributed by atoms with Gasteiger partial charge in [-0.05, 0) is 36.3 Å². The molecule has 2 heterocycles. The monoisotopic (exact) mass is 390 g/mol. The number of para-hydroxylation sites is 4. The first kappa shape index (κ1) is 7.62. The summed E-state index contributed by atoms with van der Waals surface area (Å²) >= 11 is 0. The molecule has 137 valence electrons. The summed E-state index contributed by atoms with van der Waals surface area (Å²) in [5, 5.41) is 8.48. The van der Waals surface area contributed by atoms with Gasteiger partial charge in [-0.25, -0.2) is 0 Å². The van der Waals surface area contributed by atoms with Crippen molar-refractivity contribution in [2.45, 2.75) is 0 Å². The van der Waals surface area contributed by atoms with Crippen LogP contribution in [-0.4, -0.2) is 17.3 Å². The lowest BCUT2D eigenvalue weighted by molar-refractivity contribution is 0.453. The first-order chi connectivity index (χ1) is 20.2. The molecule has 0 atom stereocenters. The van der Waals surface area contributed by atoms with Gasteiger partial charge in [0.25, 0.3) is 0 Å². The van der Waals surface area contributed by atoms with E-state index in [0.717, 1.165) is 4.57 Å². The maximum atomic E-state index is 9.52. The van der Waals surface area contributed by atoms with Gasteiger partial charge in [-0.1, -0.05) is 48.3 Å². The standard InChI is InChI=1S/C24H15BNO3/c27-25-29-21-12-6-4-10-19(21)26-18-9-3-1-7-15(18)16-13-14-22-23(24(16)26)17-8-2-5-11-20(17)28-22/h1-14,27H/i1D,2D,3D,4D,5D,6D,7D,8D,9D,10D,11D,12D,13D,14D. The number of fused-ring (bicyclic) bond motifs is 7. The quantitative estimate of drug-likeness (QED) is 0.401. The molecule has 0 unspecified atom stereocenters. The highest BCUT2D eigenvalue weighted by Gasteiger charge is 2.20. The molecule has 5 heteroatoms. The van der Waals surface area contributed by atoms with E-state index < -0.39 is 102 Å². The van der Waals surface area contributed by atoms with Crippen LogP contribution in [0, 0.1) is 0 Å². The summed E-state index contributed by atoms with van der Waals surface area (Å²) in [4.78, 5) is 0. The van der Waals surface area contributed by atoms with Gasteiger partial charge in [0.1, 0.15) is 16.9 Å². The molecule has 6 rings (SSSR count). The molecule has 29 heavy (non-hydrogen) atoms. The highest BCUT2D eigenvalue weighted by Crippen LogP contribution is 2.41. The van der Waals surface area contributed by atoms with Gasteiger partial charge in [0.2, 0.25) is 0 Å². The first-order valence-corrected chi connectivity index (χ1v) is 8.28. The molecular weight excluding hydrogens is 361 g/mol. The zero-order valence-electron chi connectivity index (χ0n) is 28.3. The molecule has 0 aliphatic heterocycles. The lowest BCUT2D eigenvalue weighted by Gasteiger charge is -2.13. The summed E-state index contributed by atoms with van der Waals surface area (Å²) < 4.78 is 131. The Morgan fingerprint density at radius 2 is 1.55 bits per heavy atom. The van der Waals surface area contributed by atoms with Gasteiger partial charge < -0.3 is 18.7 Å². The van der Waals surface area contributed by atoms with Crippen LogP contribution in [0.1, 0.15) is 19.2 Å². The molecule has 6 aromatic rings. The van der Waals surface area contributed by atoms with E-state index in [1.165, 1.54) is 0 Å². The second-order valence-electron chi connectivity index (χ2n) is 5.94. The highest BCUT2D eigenvalue weighted by atomic mass is 16.5. The van der Waals surface area contributed by atoms with Crippen molar-refractivity contribution < 1.29 is 33.3 Å². The van der Waals surface area contributed by atoms with Gasteiger partial charge in [0, 0.05) is 16.2 Å². The van der Waals surface area contributed by atoms with Crippen LogP contribution in [0.25, 0.3) is 49.4 Å². The average molecular weight is 390 g/mol. The number of rotatable bonds is 3. The van der Waals surface area contributed by atoms with E-state index in [1.54, 1.807) is 0 Å². The minimum absolute atomic E-state index is 0.152. The molecule has 0 aliphatic rings. The van der Waals surface area contributed by atoms with Gasteiger partial charge in [0.15, 0.2) is 0 Å². The molecule has 1 N–H and O–H groups in total. The van der Waals surface area contributed by atoms with Crippen molar-refractivity contribution in [1.29, 1.82) is 0 Å². The summed E-state index contributed by atoms with van der Waals surface area (Å²) in [5.41, 5.74) is -1.97. The smallest absolute Gasteiger partial charge is 0.536 e. The molecule has 0 saturated heterocycles. The van der Waals surface area contributed by atoms with E-state index in [4.69, 9.17) is 28.3 Å². The maximum Gasteiger partial charge on any atom is 0.569 e. The fourth-order valence-electron chi connectivity index (χ4n) is 3.42. The molecule has 4 aromatic carbocycles. The van der Waals surface area contributed by atoms with E-state index in [2.05, 4.69) is 0 Å². The SMILES string of the molecule is [2H]c1c([2H])c([2H])c(-n2c3c([2H])c([2H])c([2H])c([2H])c3c3c([2H])c([2H])c4oc5c([2H])c([2H])c([2H])c([2H])c5c4c32)c(O[B]O)c1[2H]. The lowest BCUT2D eigenvalue weighted by atomic mass is 10.1. The molecule has 0 saturated carbocycles. The van der Waals surface area contributed by atoms with E-state index in [1.807, 2.05) is 0 Å². The Labute approximate surface area is 186 Å². The molecule has 4 nitrogen and oxygen atoms in total. The topological polar surface area (TPSA) is 47.5 Å². The van der Waals surface area contributed by atoms with Crippen LogP contribution in [0.3, 0.4) is 0 Å². The van der Waals surface area contributed by atoms with Crippen molar-refractivity contribution in [2.24, 2.45) is 0 Å². The van der Waals surface area contributed by atoms with Gasteiger partial charge in [-0.2, -0.15) is 0 Å². The van der Waals surface area contributed by atoms with Crippen molar-refractivity contribution in [2.75, 3.05) is 0 Å². The third-order valence-electron chi connectivity index (χ3n) is 4.50. The van der Waals surface area contributed by atoms with Crippen molar-refractivity contribution >= 4 is 51.4 Å². The predicted molar refractivity (Wildman–Crippen MR) is 117 cm³/mol. The Kier molecular flexibility index (Phi) is 1.62. The normalized spacial score (nSPS) is 18.4. The second-order valence-corrected chi connectivity index (χ2v) is 5.94. The molecule has 2 aromatic heterocycles. The second kappa shape index (κ2) is 6.16. The molecule has 0 aliphatic carbocycles. The first-order valence-electron chi connectivity index (χ1n) is 15.3. The van der Waals surface area contributed by atoms with Crippen LogP contribution in [-0.2, 0) is 0 Å². The molecule has 0 spiro atoms. The molecule has 0 fully saturated rings. The number of nitrogens with zero attached hydrogens (tertiary/aromatic N) is 1. The molecule has 1 radical (unpaired) electrons. The maximum absolute atomic E-state index is 9.52.